The van der Waals surface area contributed by atoms with E-state index < -0.39 is 0 Å². The van der Waals surface area contributed by atoms with E-state index in [0.717, 1.165) is 15.8 Å². The summed E-state index contributed by atoms with van der Waals surface area (Å²) in [6, 6.07) is 5.51. The second-order valence-corrected chi connectivity index (χ2v) is 4.34. The van der Waals surface area contributed by atoms with Gasteiger partial charge in [0, 0.05) is 18.1 Å². The number of rotatable bonds is 1. The van der Waals surface area contributed by atoms with Crippen LogP contribution in [0, 0.1) is 0 Å². The third kappa shape index (κ3) is 1.61. The highest BCUT2D eigenvalue weighted by atomic mass is 79.9. The van der Waals surface area contributed by atoms with Crippen LogP contribution in [0.1, 0.15) is 0 Å². The summed E-state index contributed by atoms with van der Waals surface area (Å²) in [4.78, 5) is 13.6. The Morgan fingerprint density at radius 1 is 1.60 bits per heavy atom. The SMILES string of the molecule is CN1c2cccc(Br)c2NC(=O)C1CN. The lowest BCUT2D eigenvalue weighted by Gasteiger charge is -2.34. The van der Waals surface area contributed by atoms with Gasteiger partial charge >= 0.3 is 0 Å². The summed E-state index contributed by atoms with van der Waals surface area (Å²) in [7, 11) is 1.88. The van der Waals surface area contributed by atoms with Crippen LogP contribution >= 0.6 is 15.9 Å². The minimum Gasteiger partial charge on any atom is -0.360 e. The number of amides is 1. The molecule has 80 valence electrons. The van der Waals surface area contributed by atoms with Crippen LogP contribution in [0.4, 0.5) is 11.4 Å². The van der Waals surface area contributed by atoms with Gasteiger partial charge in [-0.25, -0.2) is 0 Å². The highest BCUT2D eigenvalue weighted by molar-refractivity contribution is 9.10. The number of nitrogens with one attached hydrogen (secondary N) is 1. The molecule has 0 aromatic heterocycles. The number of carbonyl (C=O) groups excluding carboxylic acids is 1. The molecular weight excluding hydrogens is 258 g/mol. The number of hydrogen-bond acceptors (Lipinski definition) is 3. The summed E-state index contributed by atoms with van der Waals surface area (Å²) in [6.07, 6.45) is 0. The van der Waals surface area contributed by atoms with Crippen LogP contribution < -0.4 is 16.0 Å². The summed E-state index contributed by atoms with van der Waals surface area (Å²) in [6.45, 7) is 0.314. The average Bonchev–Trinajstić information content (AvgIpc) is 2.20. The van der Waals surface area contributed by atoms with Crippen molar-refractivity contribution in [2.24, 2.45) is 5.73 Å². The molecule has 0 radical (unpaired) electrons. The lowest BCUT2D eigenvalue weighted by atomic mass is 10.1. The van der Waals surface area contributed by atoms with Crippen LogP contribution in [0.5, 0.6) is 0 Å². The molecule has 1 aromatic rings. The van der Waals surface area contributed by atoms with E-state index in [1.807, 2.05) is 30.1 Å². The molecule has 1 unspecified atom stereocenters. The van der Waals surface area contributed by atoms with E-state index in [4.69, 9.17) is 5.73 Å². The lowest BCUT2D eigenvalue weighted by Crippen LogP contribution is -2.50. The van der Waals surface area contributed by atoms with Gasteiger partial charge in [-0.3, -0.25) is 4.79 Å². The summed E-state index contributed by atoms with van der Waals surface area (Å²) >= 11 is 3.41. The third-order valence-corrected chi connectivity index (χ3v) is 3.27. The molecule has 1 aromatic carbocycles. The quantitative estimate of drug-likeness (QED) is 0.805. The van der Waals surface area contributed by atoms with E-state index in [2.05, 4.69) is 21.2 Å². The molecule has 1 amide bonds. The maximum absolute atomic E-state index is 11.7. The zero-order valence-corrected chi connectivity index (χ0v) is 9.91. The number of anilines is 2. The fraction of sp³-hybridized carbons (Fsp3) is 0.300. The molecule has 0 aliphatic carbocycles. The Morgan fingerprint density at radius 3 is 3.00 bits per heavy atom. The monoisotopic (exact) mass is 269 g/mol. The summed E-state index contributed by atoms with van der Waals surface area (Å²) in [5.74, 6) is -0.0561. The number of hydrogen-bond donors (Lipinski definition) is 2. The number of para-hydroxylation sites is 1. The predicted molar refractivity (Wildman–Crippen MR) is 64.0 cm³/mol. The highest BCUT2D eigenvalue weighted by Gasteiger charge is 2.30. The average molecular weight is 270 g/mol. The van der Waals surface area contributed by atoms with Gasteiger partial charge in [-0.1, -0.05) is 6.07 Å². The number of carbonyl (C=O) groups is 1. The number of benzene rings is 1. The molecule has 1 atom stereocenters. The van der Waals surface area contributed by atoms with Crippen LogP contribution in [-0.4, -0.2) is 25.5 Å². The Labute approximate surface area is 96.6 Å². The Balaban J connectivity index is 2.50. The second-order valence-electron chi connectivity index (χ2n) is 3.49. The molecule has 1 aliphatic rings. The fourth-order valence-corrected chi connectivity index (χ4v) is 2.20. The van der Waals surface area contributed by atoms with Crippen molar-refractivity contribution in [3.63, 3.8) is 0 Å². The predicted octanol–water partition coefficient (Wildman–Crippen LogP) is 1.16. The molecule has 4 nitrogen and oxygen atoms in total. The molecule has 1 aliphatic heterocycles. The van der Waals surface area contributed by atoms with Gasteiger partial charge in [0.05, 0.1) is 11.4 Å². The molecule has 3 N–H and O–H groups in total. The number of nitrogens with zero attached hydrogens (tertiary/aromatic N) is 1. The molecule has 1 heterocycles. The molecule has 0 bridgehead atoms. The van der Waals surface area contributed by atoms with E-state index in [1.165, 1.54) is 0 Å². The first-order chi connectivity index (χ1) is 7.15. The molecule has 2 rings (SSSR count). The molecule has 0 spiro atoms. The van der Waals surface area contributed by atoms with Crippen LogP contribution in [-0.2, 0) is 4.79 Å². The fourth-order valence-electron chi connectivity index (χ4n) is 1.75. The zero-order valence-electron chi connectivity index (χ0n) is 8.33. The first kappa shape index (κ1) is 10.4. The number of fused-ring (bicyclic) bond motifs is 1. The minimum absolute atomic E-state index is 0.0561. The van der Waals surface area contributed by atoms with E-state index in [0.29, 0.717) is 6.54 Å². The van der Waals surface area contributed by atoms with E-state index in [-0.39, 0.29) is 11.9 Å². The van der Waals surface area contributed by atoms with Crippen molar-refractivity contribution >= 4 is 33.2 Å². The molecule has 0 saturated carbocycles. The lowest BCUT2D eigenvalue weighted by molar-refractivity contribution is -0.117. The zero-order chi connectivity index (χ0) is 11.0. The van der Waals surface area contributed by atoms with Crippen molar-refractivity contribution in [3.05, 3.63) is 22.7 Å². The number of halogens is 1. The molecule has 0 fully saturated rings. The first-order valence-electron chi connectivity index (χ1n) is 4.67. The summed E-state index contributed by atoms with van der Waals surface area (Å²) in [5, 5.41) is 2.85. The molecule has 15 heavy (non-hydrogen) atoms. The van der Waals surface area contributed by atoms with Crippen molar-refractivity contribution in [3.8, 4) is 0 Å². The van der Waals surface area contributed by atoms with Gasteiger partial charge in [-0.15, -0.1) is 0 Å². The Hall–Kier alpha value is -1.07. The van der Waals surface area contributed by atoms with Crippen molar-refractivity contribution in [1.82, 2.24) is 0 Å². The van der Waals surface area contributed by atoms with E-state index in [1.54, 1.807) is 0 Å². The molecular formula is C10H12BrN3O. The first-order valence-corrected chi connectivity index (χ1v) is 5.46. The Bertz CT molecular complexity index is 408. The number of nitrogens with two attached hydrogens (primary N) is 1. The summed E-state index contributed by atoms with van der Waals surface area (Å²) in [5.41, 5.74) is 7.37. The van der Waals surface area contributed by atoms with Gasteiger partial charge in [0.25, 0.3) is 0 Å². The van der Waals surface area contributed by atoms with Gasteiger partial charge in [0.1, 0.15) is 6.04 Å². The Kier molecular flexibility index (Phi) is 2.67. The van der Waals surface area contributed by atoms with Crippen LogP contribution in [0.2, 0.25) is 0 Å². The normalized spacial score (nSPS) is 19.8. The van der Waals surface area contributed by atoms with Crippen LogP contribution in [0.15, 0.2) is 22.7 Å². The van der Waals surface area contributed by atoms with Crippen molar-refractivity contribution < 1.29 is 4.79 Å². The van der Waals surface area contributed by atoms with Gasteiger partial charge in [0.15, 0.2) is 0 Å². The van der Waals surface area contributed by atoms with Crippen molar-refractivity contribution in [1.29, 1.82) is 0 Å². The number of likely N-dealkylation sites (N-methyl/N-ethyl adjacent to an activating group) is 1. The smallest absolute Gasteiger partial charge is 0.248 e. The second kappa shape index (κ2) is 3.83. The van der Waals surface area contributed by atoms with E-state index >= 15 is 0 Å². The maximum Gasteiger partial charge on any atom is 0.248 e. The molecule has 5 heteroatoms. The van der Waals surface area contributed by atoms with Crippen LogP contribution in [0.3, 0.4) is 0 Å². The van der Waals surface area contributed by atoms with E-state index in [9.17, 15) is 4.79 Å². The minimum atomic E-state index is -0.285. The van der Waals surface area contributed by atoms with Gasteiger partial charge in [-0.2, -0.15) is 0 Å². The molecule has 0 saturated heterocycles. The third-order valence-electron chi connectivity index (χ3n) is 2.61. The standard InChI is InChI=1S/C10H12BrN3O/c1-14-7-4-2-3-6(11)9(7)13-10(15)8(14)5-12/h2-4,8H,5,12H2,1H3,(H,13,15). The van der Waals surface area contributed by atoms with Gasteiger partial charge in [0.2, 0.25) is 5.91 Å². The Morgan fingerprint density at radius 2 is 2.33 bits per heavy atom. The largest absolute Gasteiger partial charge is 0.360 e. The highest BCUT2D eigenvalue weighted by Crippen LogP contribution is 2.36. The van der Waals surface area contributed by atoms with Crippen LogP contribution in [0.25, 0.3) is 0 Å². The maximum atomic E-state index is 11.7. The van der Waals surface area contributed by atoms with Crippen molar-refractivity contribution in [2.75, 3.05) is 23.8 Å². The topological polar surface area (TPSA) is 58.4 Å². The van der Waals surface area contributed by atoms with Gasteiger partial charge < -0.3 is 16.0 Å². The summed E-state index contributed by atoms with van der Waals surface area (Å²) < 4.78 is 0.885. The van der Waals surface area contributed by atoms with Gasteiger partial charge in [-0.05, 0) is 28.1 Å². The van der Waals surface area contributed by atoms with Crippen molar-refractivity contribution in [2.45, 2.75) is 6.04 Å².